The van der Waals surface area contributed by atoms with Gasteiger partial charge in [-0.05, 0) is 78.8 Å². The minimum Gasteiger partial charge on any atom is -0.504 e. The zero-order chi connectivity index (χ0) is 15.7. The molecule has 2 N–H and O–H groups in total. The number of allylic oxidation sites excluding steroid dienone is 2. The van der Waals surface area contributed by atoms with Gasteiger partial charge in [0.2, 0.25) is 0 Å². The molecule has 4 aliphatic carbocycles. The van der Waals surface area contributed by atoms with Crippen LogP contribution in [-0.4, -0.2) is 16.4 Å². The highest BCUT2D eigenvalue weighted by molar-refractivity contribution is 5.44. The Morgan fingerprint density at radius 3 is 2.59 bits per heavy atom. The molecule has 3 heteroatoms. The van der Waals surface area contributed by atoms with Gasteiger partial charge in [0, 0.05) is 0 Å². The maximum atomic E-state index is 14.1. The summed E-state index contributed by atoms with van der Waals surface area (Å²) in [6, 6.07) is 0. The lowest BCUT2D eigenvalue weighted by molar-refractivity contribution is 0.0788. The van der Waals surface area contributed by atoms with Crippen molar-refractivity contribution in [2.45, 2.75) is 71.4 Å². The van der Waals surface area contributed by atoms with Crippen molar-refractivity contribution in [3.8, 4) is 0 Å². The van der Waals surface area contributed by atoms with Crippen molar-refractivity contribution in [2.24, 2.45) is 22.7 Å². The number of aliphatic hydroxyl groups is 2. The molecular formula is C19H27FO2. The maximum absolute atomic E-state index is 14.1. The summed E-state index contributed by atoms with van der Waals surface area (Å²) in [6.45, 7) is 4.44. The summed E-state index contributed by atoms with van der Waals surface area (Å²) < 4.78 is 14.1. The molecule has 0 heterocycles. The van der Waals surface area contributed by atoms with Gasteiger partial charge in [0.05, 0.1) is 0 Å². The molecule has 0 amide bonds. The summed E-state index contributed by atoms with van der Waals surface area (Å²) in [5, 5.41) is 21.3. The van der Waals surface area contributed by atoms with Crippen LogP contribution in [0.2, 0.25) is 0 Å². The fraction of sp³-hybridized carbons (Fsp3) is 0.789. The predicted octanol–water partition coefficient (Wildman–Crippen LogP) is 5.37. The molecule has 0 bridgehead atoms. The summed E-state index contributed by atoms with van der Waals surface area (Å²) in [5.41, 5.74) is 1.98. The predicted molar refractivity (Wildman–Crippen MR) is 84.3 cm³/mol. The number of halogens is 1. The normalized spacial score (nSPS) is 48.0. The molecule has 4 rings (SSSR count). The number of rotatable bonds is 0. The molecule has 5 atom stereocenters. The zero-order valence-corrected chi connectivity index (χ0v) is 13.7. The lowest BCUT2D eigenvalue weighted by Gasteiger charge is -2.53. The Kier molecular flexibility index (Phi) is 3.00. The second kappa shape index (κ2) is 4.52. The first-order valence-electron chi connectivity index (χ1n) is 8.87. The van der Waals surface area contributed by atoms with Crippen LogP contribution in [0.25, 0.3) is 0 Å². The van der Waals surface area contributed by atoms with E-state index in [0.29, 0.717) is 18.8 Å². The highest BCUT2D eigenvalue weighted by Gasteiger charge is 2.57. The molecule has 0 saturated heterocycles. The fourth-order valence-corrected chi connectivity index (χ4v) is 6.20. The zero-order valence-electron chi connectivity index (χ0n) is 13.7. The van der Waals surface area contributed by atoms with E-state index in [0.717, 1.165) is 43.3 Å². The van der Waals surface area contributed by atoms with Gasteiger partial charge in [-0.2, -0.15) is 0 Å². The lowest BCUT2D eigenvalue weighted by Crippen LogP contribution is -2.45. The average Bonchev–Trinajstić information content (AvgIpc) is 2.78. The Labute approximate surface area is 132 Å². The number of hydrogen-bond acceptors (Lipinski definition) is 2. The van der Waals surface area contributed by atoms with Crippen LogP contribution in [0.15, 0.2) is 22.7 Å². The molecule has 22 heavy (non-hydrogen) atoms. The van der Waals surface area contributed by atoms with Gasteiger partial charge in [-0.25, -0.2) is 4.39 Å². The molecule has 3 fully saturated rings. The Bertz CT molecular complexity index is 578. The van der Waals surface area contributed by atoms with Crippen LogP contribution in [0.5, 0.6) is 0 Å². The quantitative estimate of drug-likeness (QED) is 0.631. The monoisotopic (exact) mass is 306 g/mol. The van der Waals surface area contributed by atoms with Crippen molar-refractivity contribution in [1.82, 2.24) is 0 Å². The molecule has 2 nitrogen and oxygen atoms in total. The Morgan fingerprint density at radius 1 is 1.05 bits per heavy atom. The van der Waals surface area contributed by atoms with Crippen LogP contribution in [-0.2, 0) is 0 Å². The molecule has 4 aliphatic rings. The lowest BCUT2D eigenvalue weighted by atomic mass is 9.51. The van der Waals surface area contributed by atoms with Gasteiger partial charge in [0.25, 0.3) is 0 Å². The van der Waals surface area contributed by atoms with Crippen molar-refractivity contribution in [1.29, 1.82) is 0 Å². The van der Waals surface area contributed by atoms with Gasteiger partial charge in [-0.15, -0.1) is 0 Å². The largest absolute Gasteiger partial charge is 0.504 e. The van der Waals surface area contributed by atoms with Crippen LogP contribution >= 0.6 is 0 Å². The van der Waals surface area contributed by atoms with E-state index in [-0.39, 0.29) is 28.3 Å². The average molecular weight is 306 g/mol. The molecule has 0 spiro atoms. The second-order valence-electron chi connectivity index (χ2n) is 8.59. The molecule has 0 aromatic carbocycles. The number of fused-ring (bicyclic) bond motifs is 5. The minimum absolute atomic E-state index is 0.0281. The van der Waals surface area contributed by atoms with Crippen molar-refractivity contribution >= 4 is 0 Å². The molecular weight excluding hydrogens is 279 g/mol. The SMILES string of the molecule is C[C@]12CC[C@H]3C(=C(O)C(O)=C4CCCC[C@@]43C)[C@@H]1CC(F)C2. The molecule has 0 aromatic heterocycles. The molecule has 0 aromatic rings. The van der Waals surface area contributed by atoms with Gasteiger partial charge in [0.15, 0.2) is 11.5 Å². The third-order valence-corrected chi connectivity index (χ3v) is 7.39. The van der Waals surface area contributed by atoms with Crippen LogP contribution in [0.1, 0.15) is 65.2 Å². The Morgan fingerprint density at radius 2 is 1.82 bits per heavy atom. The minimum atomic E-state index is -0.763. The second-order valence-corrected chi connectivity index (χ2v) is 8.59. The van der Waals surface area contributed by atoms with E-state index >= 15 is 0 Å². The number of alkyl halides is 1. The van der Waals surface area contributed by atoms with Crippen LogP contribution < -0.4 is 0 Å². The summed E-state index contributed by atoms with van der Waals surface area (Å²) in [6.07, 6.45) is 6.68. The Balaban J connectivity index is 1.86. The van der Waals surface area contributed by atoms with Crippen LogP contribution in [0.4, 0.5) is 4.39 Å². The number of hydrogen-bond donors (Lipinski definition) is 2. The highest BCUT2D eigenvalue weighted by Crippen LogP contribution is 2.65. The highest BCUT2D eigenvalue weighted by atomic mass is 19.1. The van der Waals surface area contributed by atoms with E-state index in [1.54, 1.807) is 0 Å². The van der Waals surface area contributed by atoms with Gasteiger partial charge in [-0.3, -0.25) is 0 Å². The van der Waals surface area contributed by atoms with Gasteiger partial charge in [-0.1, -0.05) is 20.3 Å². The van der Waals surface area contributed by atoms with Crippen molar-refractivity contribution in [3.05, 3.63) is 22.7 Å². The van der Waals surface area contributed by atoms with Gasteiger partial charge < -0.3 is 10.2 Å². The topological polar surface area (TPSA) is 40.5 Å². The van der Waals surface area contributed by atoms with Crippen molar-refractivity contribution in [3.63, 3.8) is 0 Å². The summed E-state index contributed by atoms with van der Waals surface area (Å²) >= 11 is 0. The standard InChI is InChI=1S/C19H27FO2/c1-18-8-6-12-15(14(18)9-11(20)10-18)17(22)16(21)13-5-3-4-7-19(12,13)2/h11-12,14,21-22H,3-10H2,1-2H3/t11?,12-,14-,18+,19+/m0/s1. The molecule has 3 saturated carbocycles. The smallest absolute Gasteiger partial charge is 0.157 e. The molecule has 0 radical (unpaired) electrons. The molecule has 1 unspecified atom stereocenters. The first-order chi connectivity index (χ1) is 10.4. The summed E-state index contributed by atoms with van der Waals surface area (Å²) in [5.74, 6) is 0.621. The fourth-order valence-electron chi connectivity index (χ4n) is 6.20. The van der Waals surface area contributed by atoms with Crippen molar-refractivity contribution in [2.75, 3.05) is 0 Å². The molecule has 0 aliphatic heterocycles. The van der Waals surface area contributed by atoms with E-state index in [2.05, 4.69) is 13.8 Å². The van der Waals surface area contributed by atoms with E-state index in [1.165, 1.54) is 6.42 Å². The van der Waals surface area contributed by atoms with Crippen LogP contribution in [0.3, 0.4) is 0 Å². The third-order valence-electron chi connectivity index (χ3n) is 7.39. The van der Waals surface area contributed by atoms with Crippen LogP contribution in [0, 0.1) is 22.7 Å². The maximum Gasteiger partial charge on any atom is 0.157 e. The third kappa shape index (κ3) is 1.71. The van der Waals surface area contributed by atoms with E-state index in [9.17, 15) is 14.6 Å². The van der Waals surface area contributed by atoms with Gasteiger partial charge >= 0.3 is 0 Å². The summed E-state index contributed by atoms with van der Waals surface area (Å²) in [4.78, 5) is 0. The first-order valence-corrected chi connectivity index (χ1v) is 8.87. The Hall–Kier alpha value is -0.990. The first kappa shape index (κ1) is 14.6. The molecule has 122 valence electrons. The van der Waals surface area contributed by atoms with E-state index < -0.39 is 6.17 Å². The van der Waals surface area contributed by atoms with Gasteiger partial charge in [0.1, 0.15) is 6.17 Å². The van der Waals surface area contributed by atoms with E-state index in [4.69, 9.17) is 0 Å². The number of aliphatic hydroxyl groups excluding tert-OH is 2. The van der Waals surface area contributed by atoms with E-state index in [1.807, 2.05) is 0 Å². The van der Waals surface area contributed by atoms with Crippen molar-refractivity contribution < 1.29 is 14.6 Å². The summed E-state index contributed by atoms with van der Waals surface area (Å²) in [7, 11) is 0.